The topological polar surface area (TPSA) is 110 Å². The second-order valence-corrected chi connectivity index (χ2v) is 13.8. The number of methoxy groups -OCH3 is 1. The predicted octanol–water partition coefficient (Wildman–Crippen LogP) is 3.90. The quantitative estimate of drug-likeness (QED) is 0.423. The monoisotopic (exact) mass is 608 g/mol. The van der Waals surface area contributed by atoms with E-state index >= 15 is 0 Å². The van der Waals surface area contributed by atoms with Gasteiger partial charge in [0, 0.05) is 30.8 Å². The van der Waals surface area contributed by atoms with Gasteiger partial charge in [-0.15, -0.1) is 0 Å². The van der Waals surface area contributed by atoms with Crippen molar-refractivity contribution in [3.8, 4) is 11.5 Å². The number of hydrogen-bond acceptors (Lipinski definition) is 7. The van der Waals surface area contributed by atoms with E-state index in [1.807, 2.05) is 12.1 Å². The minimum Gasteiger partial charge on any atom is -0.493 e. The molecule has 4 aliphatic rings. The standard InChI is InChI=1S/C32H33FN2O7S/c1-34(27(36)10-7-20-12-16-41-19-20)24-11-14-32(37)26-17-21-8-9-25(40-2)29-28(21)31(32,30(24)42-29)13-4-15-35(26)43(38,39)23-6-3-5-22(33)18-23/h3,5-10,12,16,18-19,24,26,30,37H,4,11,13-15,17H2,1-2H3/b10-7-/t24-,26-,30+,31+,32-/m1/s1. The number of carbonyl (C=O) groups is 1. The van der Waals surface area contributed by atoms with Crippen molar-refractivity contribution in [2.24, 2.45) is 0 Å². The van der Waals surface area contributed by atoms with Gasteiger partial charge in [0.25, 0.3) is 0 Å². The molecule has 43 heavy (non-hydrogen) atoms. The number of hydrogen-bond donors (Lipinski definition) is 1. The van der Waals surface area contributed by atoms with Crippen molar-refractivity contribution < 1.29 is 36.6 Å². The highest BCUT2D eigenvalue weighted by Crippen LogP contribution is 2.65. The summed E-state index contributed by atoms with van der Waals surface area (Å²) in [6, 6.07) is 9.26. The van der Waals surface area contributed by atoms with Gasteiger partial charge in [0.15, 0.2) is 11.5 Å². The molecule has 0 unspecified atom stereocenters. The predicted molar refractivity (Wildman–Crippen MR) is 155 cm³/mol. The summed E-state index contributed by atoms with van der Waals surface area (Å²) in [5.41, 5.74) is -0.0150. The van der Waals surface area contributed by atoms with Gasteiger partial charge < -0.3 is 23.9 Å². The van der Waals surface area contributed by atoms with E-state index in [4.69, 9.17) is 13.9 Å². The van der Waals surface area contributed by atoms with Crippen LogP contribution in [0.1, 0.15) is 42.4 Å². The lowest BCUT2D eigenvalue weighted by atomic mass is 9.50. The second-order valence-electron chi connectivity index (χ2n) is 11.9. The van der Waals surface area contributed by atoms with Crippen molar-refractivity contribution in [2.45, 2.75) is 66.2 Å². The molecule has 2 fully saturated rings. The molecule has 1 amide bonds. The second kappa shape index (κ2) is 9.93. The molecule has 1 saturated heterocycles. The number of ether oxygens (including phenoxy) is 2. The Morgan fingerprint density at radius 2 is 2.07 bits per heavy atom. The first kappa shape index (κ1) is 28.1. The summed E-state index contributed by atoms with van der Waals surface area (Å²) in [5.74, 6) is 0.210. The average molecular weight is 609 g/mol. The number of likely N-dealkylation sites (N-methyl/N-ethyl adjacent to an activating group) is 1. The van der Waals surface area contributed by atoms with Crippen LogP contribution < -0.4 is 9.47 Å². The fourth-order valence-corrected chi connectivity index (χ4v) is 9.86. The summed E-state index contributed by atoms with van der Waals surface area (Å²) >= 11 is 0. The number of sulfonamides is 1. The van der Waals surface area contributed by atoms with Crippen LogP contribution in [0.25, 0.3) is 6.08 Å². The minimum absolute atomic E-state index is 0.143. The molecule has 5 atom stereocenters. The molecule has 3 aromatic rings. The Bertz CT molecular complexity index is 1720. The number of rotatable bonds is 6. The van der Waals surface area contributed by atoms with Crippen molar-refractivity contribution in [1.29, 1.82) is 0 Å². The normalized spacial score (nSPS) is 29.5. The van der Waals surface area contributed by atoms with Gasteiger partial charge >= 0.3 is 0 Å². The fraction of sp³-hybridized carbons (Fsp3) is 0.406. The zero-order valence-electron chi connectivity index (χ0n) is 23.9. The van der Waals surface area contributed by atoms with Crippen molar-refractivity contribution >= 4 is 22.0 Å². The number of carbonyl (C=O) groups excluding carboxylic acids is 1. The summed E-state index contributed by atoms with van der Waals surface area (Å²) < 4.78 is 61.2. The smallest absolute Gasteiger partial charge is 0.246 e. The third kappa shape index (κ3) is 3.94. The van der Waals surface area contributed by atoms with E-state index in [1.165, 1.54) is 34.8 Å². The maximum absolute atomic E-state index is 14.2. The summed E-state index contributed by atoms with van der Waals surface area (Å²) in [4.78, 5) is 14.9. The molecule has 2 aliphatic heterocycles. The molecule has 1 saturated carbocycles. The summed E-state index contributed by atoms with van der Waals surface area (Å²) in [6.45, 7) is 0.160. The van der Waals surface area contributed by atoms with E-state index in [0.717, 1.165) is 22.8 Å². The molecule has 9 nitrogen and oxygen atoms in total. The molecule has 1 spiro atoms. The van der Waals surface area contributed by atoms with Gasteiger partial charge in [-0.1, -0.05) is 12.1 Å². The van der Waals surface area contributed by atoms with Crippen LogP contribution in [0.4, 0.5) is 4.39 Å². The molecule has 2 aromatic carbocycles. The van der Waals surface area contributed by atoms with Crippen LogP contribution in [0.15, 0.2) is 70.4 Å². The largest absolute Gasteiger partial charge is 0.493 e. The van der Waals surface area contributed by atoms with E-state index in [-0.39, 0.29) is 30.2 Å². The first-order chi connectivity index (χ1) is 20.6. The maximum Gasteiger partial charge on any atom is 0.246 e. The third-order valence-electron chi connectivity index (χ3n) is 10.0. The van der Waals surface area contributed by atoms with E-state index in [1.54, 1.807) is 37.5 Å². The van der Waals surface area contributed by atoms with Gasteiger partial charge in [-0.25, -0.2) is 12.8 Å². The zero-order chi connectivity index (χ0) is 30.1. The number of halogens is 1. The minimum atomic E-state index is -4.15. The van der Waals surface area contributed by atoms with E-state index in [0.29, 0.717) is 30.8 Å². The molecule has 2 bridgehead atoms. The number of nitrogens with zero attached hydrogens (tertiary/aromatic N) is 2. The highest BCUT2D eigenvalue weighted by molar-refractivity contribution is 7.89. The Kier molecular flexibility index (Phi) is 6.50. The Morgan fingerprint density at radius 1 is 1.23 bits per heavy atom. The molecule has 3 heterocycles. The van der Waals surface area contributed by atoms with E-state index in [9.17, 15) is 22.7 Å². The van der Waals surface area contributed by atoms with Crippen LogP contribution in [0.3, 0.4) is 0 Å². The Morgan fingerprint density at radius 3 is 2.81 bits per heavy atom. The van der Waals surface area contributed by atoms with Crippen molar-refractivity contribution in [3.63, 3.8) is 0 Å². The van der Waals surface area contributed by atoms with Gasteiger partial charge in [0.1, 0.15) is 11.9 Å². The summed E-state index contributed by atoms with van der Waals surface area (Å²) in [7, 11) is -0.857. The SMILES string of the molecule is COc1ccc2c3c1O[C@H]1[C@H](N(C)C(=O)/C=C\c4ccoc4)CC[C@@]4(O)[C@@H](C2)N(S(=O)(=O)c2cccc(F)c2)CCC[C@]314. The lowest BCUT2D eigenvalue weighted by Crippen LogP contribution is -2.74. The first-order valence-corrected chi connectivity index (χ1v) is 15.9. The number of furan rings is 1. The van der Waals surface area contributed by atoms with Crippen LogP contribution >= 0.6 is 0 Å². The Labute approximate surface area is 249 Å². The highest BCUT2D eigenvalue weighted by Gasteiger charge is 2.73. The van der Waals surface area contributed by atoms with Gasteiger partial charge in [0.05, 0.1) is 47.6 Å². The summed E-state index contributed by atoms with van der Waals surface area (Å²) in [6.07, 6.45) is 7.39. The van der Waals surface area contributed by atoms with Crippen LogP contribution in [0.5, 0.6) is 11.5 Å². The van der Waals surface area contributed by atoms with Crippen molar-refractivity contribution in [1.82, 2.24) is 9.21 Å². The molecular weight excluding hydrogens is 575 g/mol. The molecule has 226 valence electrons. The van der Waals surface area contributed by atoms with Crippen molar-refractivity contribution in [3.05, 3.63) is 83.6 Å². The van der Waals surface area contributed by atoms with Gasteiger partial charge in [0.2, 0.25) is 15.9 Å². The molecule has 7 rings (SSSR count). The lowest BCUT2D eigenvalue weighted by Gasteiger charge is -2.59. The van der Waals surface area contributed by atoms with Crippen LogP contribution in [-0.4, -0.2) is 73.1 Å². The van der Waals surface area contributed by atoms with E-state index in [2.05, 4.69) is 0 Å². The highest BCUT2D eigenvalue weighted by atomic mass is 32.2. The average Bonchev–Trinajstić information content (AvgIpc) is 3.63. The lowest BCUT2D eigenvalue weighted by molar-refractivity contribution is -0.164. The van der Waals surface area contributed by atoms with Gasteiger partial charge in [-0.2, -0.15) is 4.31 Å². The fourth-order valence-electron chi connectivity index (χ4n) is 8.12. The van der Waals surface area contributed by atoms with Gasteiger partial charge in [-0.05, 0) is 74.1 Å². The molecule has 11 heteroatoms. The third-order valence-corrected chi connectivity index (χ3v) is 11.9. The summed E-state index contributed by atoms with van der Waals surface area (Å²) in [5, 5.41) is 12.9. The molecule has 1 aromatic heterocycles. The zero-order valence-corrected chi connectivity index (χ0v) is 24.7. The number of benzene rings is 2. The Balaban J connectivity index is 1.34. The molecule has 0 radical (unpaired) electrons. The first-order valence-electron chi connectivity index (χ1n) is 14.5. The molecular formula is C32H33FN2O7S. The van der Waals surface area contributed by atoms with Crippen molar-refractivity contribution in [2.75, 3.05) is 20.7 Å². The van der Waals surface area contributed by atoms with Crippen LogP contribution in [0, 0.1) is 5.82 Å². The van der Waals surface area contributed by atoms with E-state index < -0.39 is 45.0 Å². The molecule has 1 N–H and O–H groups in total. The Hall–Kier alpha value is -3.67. The van der Waals surface area contributed by atoms with Crippen LogP contribution in [0.2, 0.25) is 0 Å². The van der Waals surface area contributed by atoms with Crippen LogP contribution in [-0.2, 0) is 26.7 Å². The van der Waals surface area contributed by atoms with Gasteiger partial charge in [-0.3, -0.25) is 4.79 Å². The molecule has 2 aliphatic carbocycles. The maximum atomic E-state index is 14.2. The number of aliphatic hydroxyl groups is 1. The number of amides is 1.